The Morgan fingerprint density at radius 3 is 2.50 bits per heavy atom. The molecular weight excluding hydrogens is 207 g/mol. The summed E-state index contributed by atoms with van der Waals surface area (Å²) in [6.07, 6.45) is 1.78. The van der Waals surface area contributed by atoms with Crippen molar-refractivity contribution in [1.29, 1.82) is 0 Å². The molecule has 0 radical (unpaired) electrons. The number of benzene rings is 1. The largest absolute Gasteiger partial charge is 0.352 e. The van der Waals surface area contributed by atoms with Crippen LogP contribution in [-0.4, -0.2) is 19.0 Å². The molecule has 88 valence electrons. The Morgan fingerprint density at radius 2 is 1.94 bits per heavy atom. The molecule has 3 nitrogen and oxygen atoms in total. The van der Waals surface area contributed by atoms with Crippen molar-refractivity contribution < 1.29 is 9.18 Å². The number of rotatable bonds is 6. The maximum absolute atomic E-state index is 12.2. The minimum absolute atomic E-state index is 0.123. The molecule has 1 amide bonds. The van der Waals surface area contributed by atoms with Gasteiger partial charge >= 0.3 is 0 Å². The number of nitrogens with two attached hydrogens (primary N) is 1. The molecule has 1 aromatic rings. The molecular formula is C12H17FN2O. The highest BCUT2D eigenvalue weighted by Gasteiger charge is 2.03. The number of carbonyl (C=O) groups is 1. The van der Waals surface area contributed by atoms with Crippen LogP contribution in [0, 0.1) is 0 Å². The van der Waals surface area contributed by atoms with Gasteiger partial charge in [0.2, 0.25) is 0 Å². The van der Waals surface area contributed by atoms with Crippen LogP contribution >= 0.6 is 0 Å². The normalized spacial score (nSPS) is 10.1. The van der Waals surface area contributed by atoms with Gasteiger partial charge in [0.15, 0.2) is 0 Å². The van der Waals surface area contributed by atoms with E-state index < -0.39 is 6.67 Å². The molecule has 3 N–H and O–H groups in total. The monoisotopic (exact) mass is 224 g/mol. The first-order valence-electron chi connectivity index (χ1n) is 5.41. The molecule has 0 aliphatic heterocycles. The van der Waals surface area contributed by atoms with Gasteiger partial charge in [0.05, 0.1) is 0 Å². The molecule has 1 rings (SSSR count). The van der Waals surface area contributed by atoms with E-state index in [9.17, 15) is 9.18 Å². The highest BCUT2D eigenvalue weighted by Crippen LogP contribution is 2.05. The van der Waals surface area contributed by atoms with Gasteiger partial charge in [-0.3, -0.25) is 4.79 Å². The zero-order valence-corrected chi connectivity index (χ0v) is 9.21. The quantitative estimate of drug-likeness (QED) is 0.721. The second kappa shape index (κ2) is 6.95. The Morgan fingerprint density at radius 1 is 1.25 bits per heavy atom. The van der Waals surface area contributed by atoms with E-state index in [2.05, 4.69) is 5.32 Å². The van der Waals surface area contributed by atoms with Gasteiger partial charge in [0, 0.05) is 12.1 Å². The van der Waals surface area contributed by atoms with Gasteiger partial charge in [0.25, 0.3) is 5.91 Å². The minimum Gasteiger partial charge on any atom is -0.352 e. The van der Waals surface area contributed by atoms with Crippen molar-refractivity contribution in [2.24, 2.45) is 5.73 Å². The van der Waals surface area contributed by atoms with Crippen LogP contribution in [0.25, 0.3) is 0 Å². The van der Waals surface area contributed by atoms with Crippen molar-refractivity contribution >= 4 is 5.91 Å². The van der Waals surface area contributed by atoms with E-state index in [1.54, 1.807) is 24.3 Å². The summed E-state index contributed by atoms with van der Waals surface area (Å²) < 4.78 is 12.2. The number of amides is 1. The molecule has 0 bridgehead atoms. The first-order valence-corrected chi connectivity index (χ1v) is 5.41. The van der Waals surface area contributed by atoms with E-state index in [1.165, 1.54) is 0 Å². The topological polar surface area (TPSA) is 55.1 Å². The van der Waals surface area contributed by atoms with Gasteiger partial charge in [-0.2, -0.15) is 0 Å². The minimum atomic E-state index is -0.502. The van der Waals surface area contributed by atoms with Gasteiger partial charge < -0.3 is 11.1 Å². The fraction of sp³-hybridized carbons (Fsp3) is 0.417. The first-order chi connectivity index (χ1) is 7.77. The molecule has 0 atom stereocenters. The Bertz CT molecular complexity index is 324. The summed E-state index contributed by atoms with van der Waals surface area (Å²) in [7, 11) is 0. The van der Waals surface area contributed by atoms with Crippen molar-refractivity contribution in [3.63, 3.8) is 0 Å². The molecule has 4 heteroatoms. The average Bonchev–Trinajstić information content (AvgIpc) is 2.34. The second-order valence-electron chi connectivity index (χ2n) is 3.58. The summed E-state index contributed by atoms with van der Waals surface area (Å²) in [6, 6.07) is 6.50. The Kier molecular flexibility index (Phi) is 5.50. The number of unbranched alkanes of at least 4 members (excludes halogenated alkanes) is 1. The van der Waals surface area contributed by atoms with Crippen LogP contribution in [0.5, 0.6) is 0 Å². The highest BCUT2D eigenvalue weighted by molar-refractivity contribution is 5.94. The molecule has 0 spiro atoms. The fourth-order valence-electron chi connectivity index (χ4n) is 1.32. The Balaban J connectivity index is 2.40. The second-order valence-corrected chi connectivity index (χ2v) is 3.58. The van der Waals surface area contributed by atoms with Gasteiger partial charge in [0.1, 0.15) is 6.67 Å². The van der Waals surface area contributed by atoms with Crippen molar-refractivity contribution in [2.75, 3.05) is 13.1 Å². The maximum Gasteiger partial charge on any atom is 0.251 e. The fourth-order valence-corrected chi connectivity index (χ4v) is 1.32. The van der Waals surface area contributed by atoms with E-state index in [4.69, 9.17) is 5.73 Å². The SMILES string of the molecule is NCCCCNC(=O)c1ccc(CF)cc1. The standard InChI is InChI=1S/C12H17FN2O/c13-9-10-3-5-11(6-4-10)12(16)15-8-2-1-7-14/h3-6H,1-2,7-9,14H2,(H,15,16). The van der Waals surface area contributed by atoms with Crippen molar-refractivity contribution in [2.45, 2.75) is 19.5 Å². The summed E-state index contributed by atoms with van der Waals surface area (Å²) >= 11 is 0. The molecule has 16 heavy (non-hydrogen) atoms. The number of hydrogen-bond donors (Lipinski definition) is 2. The molecule has 0 aliphatic carbocycles. The van der Waals surface area contributed by atoms with Crippen LogP contribution in [0.15, 0.2) is 24.3 Å². The number of hydrogen-bond acceptors (Lipinski definition) is 2. The summed E-state index contributed by atoms with van der Waals surface area (Å²) in [5, 5.41) is 2.78. The molecule has 0 fully saturated rings. The predicted molar refractivity (Wildman–Crippen MR) is 61.9 cm³/mol. The predicted octanol–water partition coefficient (Wildman–Crippen LogP) is 1.62. The maximum atomic E-state index is 12.2. The molecule has 1 aromatic carbocycles. The van der Waals surface area contributed by atoms with Gasteiger partial charge in [-0.15, -0.1) is 0 Å². The van der Waals surface area contributed by atoms with E-state index in [0.717, 1.165) is 12.8 Å². The van der Waals surface area contributed by atoms with Crippen molar-refractivity contribution in [1.82, 2.24) is 5.32 Å². The zero-order valence-electron chi connectivity index (χ0n) is 9.21. The molecule has 0 heterocycles. The third kappa shape index (κ3) is 3.98. The highest BCUT2D eigenvalue weighted by atomic mass is 19.1. The molecule has 0 aromatic heterocycles. The lowest BCUT2D eigenvalue weighted by Crippen LogP contribution is -2.24. The smallest absolute Gasteiger partial charge is 0.251 e. The van der Waals surface area contributed by atoms with Crippen LogP contribution in [0.2, 0.25) is 0 Å². The Hall–Kier alpha value is -1.42. The number of carbonyl (C=O) groups excluding carboxylic acids is 1. The van der Waals surface area contributed by atoms with Crippen LogP contribution < -0.4 is 11.1 Å². The van der Waals surface area contributed by atoms with Crippen molar-refractivity contribution in [3.05, 3.63) is 35.4 Å². The number of alkyl halides is 1. The van der Waals surface area contributed by atoms with Crippen LogP contribution in [0.1, 0.15) is 28.8 Å². The summed E-state index contributed by atoms with van der Waals surface area (Å²) in [6.45, 7) is 0.764. The third-order valence-corrected chi connectivity index (χ3v) is 2.29. The lowest BCUT2D eigenvalue weighted by molar-refractivity contribution is 0.0953. The number of halogens is 1. The van der Waals surface area contributed by atoms with Crippen LogP contribution in [0.3, 0.4) is 0 Å². The summed E-state index contributed by atoms with van der Waals surface area (Å²) in [5.41, 5.74) is 6.48. The molecule has 0 saturated heterocycles. The summed E-state index contributed by atoms with van der Waals surface area (Å²) in [4.78, 5) is 11.6. The number of nitrogens with one attached hydrogen (secondary N) is 1. The van der Waals surface area contributed by atoms with Gasteiger partial charge in [-0.1, -0.05) is 12.1 Å². The van der Waals surface area contributed by atoms with E-state index >= 15 is 0 Å². The van der Waals surface area contributed by atoms with Gasteiger partial charge in [-0.25, -0.2) is 4.39 Å². The third-order valence-electron chi connectivity index (χ3n) is 2.29. The molecule has 0 saturated carbocycles. The molecule has 0 unspecified atom stereocenters. The van der Waals surface area contributed by atoms with Gasteiger partial charge in [-0.05, 0) is 37.1 Å². The van der Waals surface area contributed by atoms with E-state index in [-0.39, 0.29) is 5.91 Å². The van der Waals surface area contributed by atoms with E-state index in [1.807, 2.05) is 0 Å². The lowest BCUT2D eigenvalue weighted by Gasteiger charge is -2.04. The van der Waals surface area contributed by atoms with Crippen LogP contribution in [0.4, 0.5) is 4.39 Å². The first kappa shape index (κ1) is 12.6. The Labute approximate surface area is 94.8 Å². The average molecular weight is 224 g/mol. The van der Waals surface area contributed by atoms with Crippen molar-refractivity contribution in [3.8, 4) is 0 Å². The van der Waals surface area contributed by atoms with Crippen LogP contribution in [-0.2, 0) is 6.67 Å². The van der Waals surface area contributed by atoms with E-state index in [0.29, 0.717) is 24.2 Å². The lowest BCUT2D eigenvalue weighted by atomic mass is 10.1. The summed E-state index contributed by atoms with van der Waals surface area (Å²) in [5.74, 6) is -0.123. The zero-order chi connectivity index (χ0) is 11.8. The molecule has 0 aliphatic rings.